The number of aryl methyl sites for hydroxylation is 2. The molecule has 0 aliphatic heterocycles. The normalized spacial score (nSPS) is 10.8. The van der Waals surface area contributed by atoms with Crippen LogP contribution >= 0.6 is 0 Å². The first-order chi connectivity index (χ1) is 6.83. The molecule has 0 spiro atoms. The second kappa shape index (κ2) is 5.90. The number of aromatic amines is 1. The highest BCUT2D eigenvalue weighted by atomic mass is 14.7. The zero-order valence-electron chi connectivity index (χ0n) is 9.82. The van der Waals surface area contributed by atoms with Crippen molar-refractivity contribution >= 4 is 0 Å². The van der Waals surface area contributed by atoms with Crippen molar-refractivity contribution in [2.75, 3.05) is 0 Å². The lowest BCUT2D eigenvalue weighted by atomic mass is 10.0. The molecular formula is C13H23N. The van der Waals surface area contributed by atoms with E-state index in [9.17, 15) is 0 Å². The Balaban J connectivity index is 2.82. The van der Waals surface area contributed by atoms with Crippen molar-refractivity contribution in [3.8, 4) is 0 Å². The van der Waals surface area contributed by atoms with Crippen LogP contribution < -0.4 is 0 Å². The summed E-state index contributed by atoms with van der Waals surface area (Å²) in [4.78, 5) is 3.44. The number of rotatable bonds is 6. The summed E-state index contributed by atoms with van der Waals surface area (Å²) in [7, 11) is 0. The first kappa shape index (κ1) is 11.4. The van der Waals surface area contributed by atoms with Crippen LogP contribution in [0.5, 0.6) is 0 Å². The van der Waals surface area contributed by atoms with Crippen LogP contribution in [-0.2, 0) is 19.3 Å². The number of hydrogen-bond acceptors (Lipinski definition) is 0. The van der Waals surface area contributed by atoms with Crippen LogP contribution in [0.15, 0.2) is 6.20 Å². The van der Waals surface area contributed by atoms with E-state index in [0.717, 1.165) is 0 Å². The van der Waals surface area contributed by atoms with Crippen LogP contribution in [0.2, 0.25) is 0 Å². The molecule has 1 rings (SSSR count). The molecule has 1 nitrogen and oxygen atoms in total. The Hall–Kier alpha value is -0.720. The van der Waals surface area contributed by atoms with E-state index in [1.807, 2.05) is 0 Å². The van der Waals surface area contributed by atoms with Gasteiger partial charge in [0.05, 0.1) is 0 Å². The van der Waals surface area contributed by atoms with E-state index in [1.165, 1.54) is 44.2 Å². The van der Waals surface area contributed by atoms with Gasteiger partial charge in [0.2, 0.25) is 0 Å². The molecule has 1 N–H and O–H groups in total. The van der Waals surface area contributed by atoms with Gasteiger partial charge in [0.1, 0.15) is 0 Å². The maximum Gasteiger partial charge on any atom is 0.0182 e. The third-order valence-corrected chi connectivity index (χ3v) is 2.69. The summed E-state index contributed by atoms with van der Waals surface area (Å²) in [5.41, 5.74) is 4.65. The maximum absolute atomic E-state index is 3.44. The van der Waals surface area contributed by atoms with Crippen molar-refractivity contribution in [3.05, 3.63) is 23.0 Å². The molecule has 0 bridgehead atoms. The lowest BCUT2D eigenvalue weighted by Gasteiger charge is -2.04. The van der Waals surface area contributed by atoms with Crippen LogP contribution in [0.25, 0.3) is 0 Å². The Morgan fingerprint density at radius 2 is 1.57 bits per heavy atom. The first-order valence-corrected chi connectivity index (χ1v) is 6.01. The molecule has 80 valence electrons. The highest BCUT2D eigenvalue weighted by molar-refractivity contribution is 5.31. The van der Waals surface area contributed by atoms with Crippen molar-refractivity contribution in [1.82, 2.24) is 4.98 Å². The summed E-state index contributed by atoms with van der Waals surface area (Å²) < 4.78 is 0. The van der Waals surface area contributed by atoms with Gasteiger partial charge >= 0.3 is 0 Å². The van der Waals surface area contributed by atoms with Gasteiger partial charge < -0.3 is 4.98 Å². The fourth-order valence-corrected chi connectivity index (χ4v) is 2.07. The molecule has 0 amide bonds. The molecule has 14 heavy (non-hydrogen) atoms. The molecule has 0 saturated carbocycles. The van der Waals surface area contributed by atoms with Crippen LogP contribution in [0.3, 0.4) is 0 Å². The lowest BCUT2D eigenvalue weighted by Crippen LogP contribution is -1.94. The molecule has 1 aromatic heterocycles. The number of hydrogen-bond donors (Lipinski definition) is 1. The van der Waals surface area contributed by atoms with Gasteiger partial charge in [-0.1, -0.05) is 40.0 Å². The largest absolute Gasteiger partial charge is 0.364 e. The molecule has 1 aromatic rings. The van der Waals surface area contributed by atoms with Gasteiger partial charge in [-0.3, -0.25) is 0 Å². The maximum atomic E-state index is 3.44. The highest BCUT2D eigenvalue weighted by Gasteiger charge is 2.08. The van der Waals surface area contributed by atoms with Crippen LogP contribution in [0.4, 0.5) is 0 Å². The summed E-state index contributed by atoms with van der Waals surface area (Å²) in [6, 6.07) is 0. The van der Waals surface area contributed by atoms with E-state index >= 15 is 0 Å². The van der Waals surface area contributed by atoms with Crippen LogP contribution in [0, 0.1) is 0 Å². The Kier molecular flexibility index (Phi) is 4.78. The van der Waals surface area contributed by atoms with Crippen molar-refractivity contribution in [2.45, 2.75) is 59.3 Å². The Morgan fingerprint density at radius 1 is 0.929 bits per heavy atom. The predicted molar refractivity (Wildman–Crippen MR) is 62.8 cm³/mol. The zero-order valence-corrected chi connectivity index (χ0v) is 9.82. The Labute approximate surface area is 87.9 Å². The monoisotopic (exact) mass is 193 g/mol. The first-order valence-electron chi connectivity index (χ1n) is 6.01. The smallest absolute Gasteiger partial charge is 0.0182 e. The quantitative estimate of drug-likeness (QED) is 0.706. The fraction of sp³-hybridized carbons (Fsp3) is 0.692. The third kappa shape index (κ3) is 2.63. The molecular weight excluding hydrogens is 170 g/mol. The summed E-state index contributed by atoms with van der Waals surface area (Å²) in [5.74, 6) is 0. The van der Waals surface area contributed by atoms with Crippen molar-refractivity contribution in [3.63, 3.8) is 0 Å². The van der Waals surface area contributed by atoms with Crippen LogP contribution in [-0.4, -0.2) is 4.98 Å². The summed E-state index contributed by atoms with van der Waals surface area (Å²) in [5, 5.41) is 0. The second-order valence-electron chi connectivity index (χ2n) is 4.02. The summed E-state index contributed by atoms with van der Waals surface area (Å²) in [6.07, 6.45) is 9.65. The molecule has 0 aliphatic rings. The molecule has 0 unspecified atom stereocenters. The minimum atomic E-state index is 1.21. The van der Waals surface area contributed by atoms with E-state index < -0.39 is 0 Å². The predicted octanol–water partition coefficient (Wildman–Crippen LogP) is 3.87. The molecule has 0 atom stereocenters. The number of nitrogens with one attached hydrogen (secondary N) is 1. The van der Waals surface area contributed by atoms with E-state index in [-0.39, 0.29) is 0 Å². The molecule has 0 saturated heterocycles. The molecule has 0 aliphatic carbocycles. The molecule has 0 aromatic carbocycles. The fourth-order valence-electron chi connectivity index (χ4n) is 2.07. The van der Waals surface area contributed by atoms with Gasteiger partial charge in [0.25, 0.3) is 0 Å². The van der Waals surface area contributed by atoms with Gasteiger partial charge in [-0.25, -0.2) is 0 Å². The number of aromatic nitrogens is 1. The van der Waals surface area contributed by atoms with Crippen molar-refractivity contribution in [2.24, 2.45) is 0 Å². The average Bonchev–Trinajstić information content (AvgIpc) is 2.52. The van der Waals surface area contributed by atoms with Gasteiger partial charge in [0.15, 0.2) is 0 Å². The van der Waals surface area contributed by atoms with Gasteiger partial charge in [-0.05, 0) is 30.4 Å². The van der Waals surface area contributed by atoms with E-state index in [0.29, 0.717) is 0 Å². The summed E-state index contributed by atoms with van der Waals surface area (Å²) in [6.45, 7) is 6.76. The molecule has 0 fully saturated rings. The minimum Gasteiger partial charge on any atom is -0.364 e. The Morgan fingerprint density at radius 3 is 2.14 bits per heavy atom. The van der Waals surface area contributed by atoms with Crippen LogP contribution in [0.1, 0.15) is 56.9 Å². The zero-order chi connectivity index (χ0) is 10.4. The van der Waals surface area contributed by atoms with E-state index in [2.05, 4.69) is 32.0 Å². The minimum absolute atomic E-state index is 1.21. The van der Waals surface area contributed by atoms with Crippen molar-refractivity contribution in [1.29, 1.82) is 0 Å². The molecule has 1 heterocycles. The summed E-state index contributed by atoms with van der Waals surface area (Å²) >= 11 is 0. The average molecular weight is 193 g/mol. The highest BCUT2D eigenvalue weighted by Crippen LogP contribution is 2.19. The third-order valence-electron chi connectivity index (χ3n) is 2.69. The van der Waals surface area contributed by atoms with Gasteiger partial charge in [0, 0.05) is 11.9 Å². The standard InChI is InChI=1S/C13H23N/c1-4-7-11-10-14-13(9-6-3)12(11)8-5-2/h10,14H,4-9H2,1-3H3. The number of H-pyrrole nitrogens is 1. The topological polar surface area (TPSA) is 15.8 Å². The Bertz CT molecular complexity index is 237. The van der Waals surface area contributed by atoms with E-state index in [4.69, 9.17) is 0 Å². The molecule has 0 radical (unpaired) electrons. The van der Waals surface area contributed by atoms with Crippen molar-refractivity contribution < 1.29 is 0 Å². The second-order valence-corrected chi connectivity index (χ2v) is 4.02. The van der Waals surface area contributed by atoms with Gasteiger partial charge in [-0.2, -0.15) is 0 Å². The lowest BCUT2D eigenvalue weighted by molar-refractivity contribution is 0.829. The molecule has 1 heteroatoms. The van der Waals surface area contributed by atoms with E-state index in [1.54, 1.807) is 11.1 Å². The SMILES string of the molecule is CCCc1c[nH]c(CCC)c1CCC. The van der Waals surface area contributed by atoms with Gasteiger partial charge in [-0.15, -0.1) is 0 Å².